The number of carbonyl (C=O) groups is 2. The lowest BCUT2D eigenvalue weighted by Gasteiger charge is -2.35. The second-order valence-electron chi connectivity index (χ2n) is 5.63. The molecule has 2 aliphatic heterocycles. The number of nitrogens with zero attached hydrogens (tertiary/aromatic N) is 1. The van der Waals surface area contributed by atoms with Gasteiger partial charge in [-0.05, 0) is 31.5 Å². The number of rotatable bonds is 3. The van der Waals surface area contributed by atoms with Crippen LogP contribution in [0.5, 0.6) is 0 Å². The van der Waals surface area contributed by atoms with Crippen LogP contribution in [0.15, 0.2) is 36.4 Å². The molecule has 5 nitrogen and oxygen atoms in total. The van der Waals surface area contributed by atoms with Crippen molar-refractivity contribution in [2.24, 2.45) is 0 Å². The van der Waals surface area contributed by atoms with E-state index in [1.165, 1.54) is 6.08 Å². The molecular weight excluding hydrogens is 268 g/mol. The number of imide groups is 1. The summed E-state index contributed by atoms with van der Waals surface area (Å²) < 4.78 is 0. The molecule has 21 heavy (non-hydrogen) atoms. The first-order valence-corrected chi connectivity index (χ1v) is 7.15. The number of benzene rings is 1. The zero-order valence-corrected chi connectivity index (χ0v) is 11.7. The molecule has 1 aromatic rings. The molecule has 2 heterocycles. The Morgan fingerprint density at radius 3 is 2.48 bits per heavy atom. The topological polar surface area (TPSA) is 69.6 Å². The molecule has 110 valence electrons. The maximum atomic E-state index is 12.4. The summed E-state index contributed by atoms with van der Waals surface area (Å²) in [5.41, 5.74) is 0.157. The van der Waals surface area contributed by atoms with Crippen LogP contribution in [0, 0.1) is 0 Å². The van der Waals surface area contributed by atoms with Crippen molar-refractivity contribution >= 4 is 17.4 Å². The molecule has 0 saturated carbocycles. The van der Waals surface area contributed by atoms with E-state index >= 15 is 0 Å². The molecule has 0 aliphatic carbocycles. The number of amides is 2. The van der Waals surface area contributed by atoms with Crippen LogP contribution in [0.3, 0.4) is 0 Å². The van der Waals surface area contributed by atoms with Crippen molar-refractivity contribution in [2.75, 3.05) is 19.6 Å². The van der Waals surface area contributed by atoms with Crippen molar-refractivity contribution in [3.8, 4) is 0 Å². The minimum atomic E-state index is -0.976. The summed E-state index contributed by atoms with van der Waals surface area (Å²) in [6, 6.07) is 9.13. The maximum absolute atomic E-state index is 12.4. The normalized spacial score (nSPS) is 21.6. The molecule has 0 unspecified atom stereocenters. The van der Waals surface area contributed by atoms with E-state index in [4.69, 9.17) is 0 Å². The average molecular weight is 286 g/mol. The zero-order chi connectivity index (χ0) is 14.9. The molecule has 1 saturated heterocycles. The molecule has 0 atom stereocenters. The van der Waals surface area contributed by atoms with Gasteiger partial charge in [-0.3, -0.25) is 14.5 Å². The summed E-state index contributed by atoms with van der Waals surface area (Å²) in [6.45, 7) is 1.47. The Hall–Kier alpha value is -1.98. The van der Waals surface area contributed by atoms with Gasteiger partial charge < -0.3 is 10.4 Å². The Kier molecular flexibility index (Phi) is 3.61. The summed E-state index contributed by atoms with van der Waals surface area (Å²) in [4.78, 5) is 25.7. The fourth-order valence-corrected chi connectivity index (χ4v) is 2.83. The largest absolute Gasteiger partial charge is 0.388 e. The number of hydrogen-bond donors (Lipinski definition) is 2. The minimum Gasteiger partial charge on any atom is -0.388 e. The first-order chi connectivity index (χ1) is 10.1. The second-order valence-corrected chi connectivity index (χ2v) is 5.63. The minimum absolute atomic E-state index is 0.0686. The summed E-state index contributed by atoms with van der Waals surface area (Å²) >= 11 is 0. The lowest BCUT2D eigenvalue weighted by Crippen LogP contribution is -2.51. The van der Waals surface area contributed by atoms with E-state index < -0.39 is 5.60 Å². The number of carbonyl (C=O) groups excluding carboxylic acids is 2. The van der Waals surface area contributed by atoms with Gasteiger partial charge in [0.2, 0.25) is 0 Å². The van der Waals surface area contributed by atoms with Crippen LogP contribution in [0.4, 0.5) is 0 Å². The van der Waals surface area contributed by atoms with Crippen LogP contribution >= 0.6 is 0 Å². The third-order valence-electron chi connectivity index (χ3n) is 4.08. The van der Waals surface area contributed by atoms with Gasteiger partial charge in [-0.1, -0.05) is 30.3 Å². The van der Waals surface area contributed by atoms with E-state index in [0.29, 0.717) is 31.5 Å². The predicted octanol–water partition coefficient (Wildman–Crippen LogP) is 0.553. The number of hydrogen-bond acceptors (Lipinski definition) is 4. The number of piperidine rings is 1. The zero-order valence-electron chi connectivity index (χ0n) is 11.7. The van der Waals surface area contributed by atoms with Gasteiger partial charge >= 0.3 is 0 Å². The van der Waals surface area contributed by atoms with E-state index in [2.05, 4.69) is 5.32 Å². The van der Waals surface area contributed by atoms with Crippen molar-refractivity contribution in [1.29, 1.82) is 0 Å². The van der Waals surface area contributed by atoms with Gasteiger partial charge in [-0.2, -0.15) is 0 Å². The standard InChI is InChI=1S/C16H18N2O3/c19-14-10-13(12-4-2-1-3-5-12)15(20)18(14)11-16(21)6-8-17-9-7-16/h1-5,10,17,21H,6-9,11H2. The van der Waals surface area contributed by atoms with Crippen LogP contribution in [0.2, 0.25) is 0 Å². The van der Waals surface area contributed by atoms with Gasteiger partial charge in [0.1, 0.15) is 0 Å². The van der Waals surface area contributed by atoms with Gasteiger partial charge in [0.15, 0.2) is 0 Å². The second kappa shape index (κ2) is 5.42. The van der Waals surface area contributed by atoms with Gasteiger partial charge in [0.05, 0.1) is 17.7 Å². The van der Waals surface area contributed by atoms with Crippen LogP contribution in [-0.4, -0.2) is 47.1 Å². The molecule has 2 amide bonds. The summed E-state index contributed by atoms with van der Waals surface area (Å²) in [6.07, 6.45) is 2.46. The van der Waals surface area contributed by atoms with E-state index in [1.54, 1.807) is 12.1 Å². The van der Waals surface area contributed by atoms with E-state index in [0.717, 1.165) is 10.5 Å². The fraction of sp³-hybridized carbons (Fsp3) is 0.375. The molecule has 2 N–H and O–H groups in total. The molecule has 3 rings (SSSR count). The van der Waals surface area contributed by atoms with Crippen LogP contribution in [-0.2, 0) is 9.59 Å². The summed E-state index contributed by atoms with van der Waals surface area (Å²) in [5, 5.41) is 13.7. The predicted molar refractivity (Wildman–Crippen MR) is 78.2 cm³/mol. The number of β-amino-alcohol motifs (C(OH)–C–C–N with tert-alkyl or cyclic N) is 1. The Morgan fingerprint density at radius 2 is 1.81 bits per heavy atom. The van der Waals surface area contributed by atoms with Crippen LogP contribution in [0.1, 0.15) is 18.4 Å². The molecular formula is C16H18N2O3. The van der Waals surface area contributed by atoms with E-state index in [9.17, 15) is 14.7 Å². The Labute approximate surface area is 123 Å². The number of nitrogens with one attached hydrogen (secondary N) is 1. The SMILES string of the molecule is O=C1C=C(c2ccccc2)C(=O)N1CC1(O)CCNCC1. The monoisotopic (exact) mass is 286 g/mol. The lowest BCUT2D eigenvalue weighted by atomic mass is 9.92. The Morgan fingerprint density at radius 1 is 1.14 bits per heavy atom. The highest BCUT2D eigenvalue weighted by Gasteiger charge is 2.39. The number of aliphatic hydroxyl groups is 1. The van der Waals surface area contributed by atoms with Gasteiger partial charge in [-0.15, -0.1) is 0 Å². The molecule has 5 heteroatoms. The molecule has 0 radical (unpaired) electrons. The molecule has 0 aromatic heterocycles. The van der Waals surface area contributed by atoms with Gasteiger partial charge in [0, 0.05) is 6.08 Å². The van der Waals surface area contributed by atoms with Crippen LogP contribution < -0.4 is 5.32 Å². The van der Waals surface area contributed by atoms with Crippen molar-refractivity contribution < 1.29 is 14.7 Å². The Bertz CT molecular complexity index is 589. The van der Waals surface area contributed by atoms with Gasteiger partial charge in [0.25, 0.3) is 11.8 Å². The van der Waals surface area contributed by atoms with E-state index in [-0.39, 0.29) is 18.4 Å². The highest BCUT2D eigenvalue weighted by Crippen LogP contribution is 2.27. The van der Waals surface area contributed by atoms with Crippen molar-refractivity contribution in [1.82, 2.24) is 10.2 Å². The summed E-state index contributed by atoms with van der Waals surface area (Å²) in [7, 11) is 0. The molecule has 1 aromatic carbocycles. The quantitative estimate of drug-likeness (QED) is 0.796. The van der Waals surface area contributed by atoms with E-state index in [1.807, 2.05) is 18.2 Å². The summed E-state index contributed by atoms with van der Waals surface area (Å²) in [5.74, 6) is -0.663. The van der Waals surface area contributed by atoms with Crippen molar-refractivity contribution in [2.45, 2.75) is 18.4 Å². The first kappa shape index (κ1) is 14.0. The van der Waals surface area contributed by atoms with Crippen molar-refractivity contribution in [3.63, 3.8) is 0 Å². The highest BCUT2D eigenvalue weighted by molar-refractivity contribution is 6.33. The van der Waals surface area contributed by atoms with Gasteiger partial charge in [-0.25, -0.2) is 0 Å². The molecule has 1 fully saturated rings. The average Bonchev–Trinajstić information content (AvgIpc) is 2.77. The molecule has 2 aliphatic rings. The fourth-order valence-electron chi connectivity index (χ4n) is 2.83. The molecule has 0 spiro atoms. The smallest absolute Gasteiger partial charge is 0.261 e. The third-order valence-corrected chi connectivity index (χ3v) is 4.08. The van der Waals surface area contributed by atoms with Crippen molar-refractivity contribution in [3.05, 3.63) is 42.0 Å². The first-order valence-electron chi connectivity index (χ1n) is 7.15. The Balaban J connectivity index is 1.78. The third kappa shape index (κ3) is 2.75. The molecule has 0 bridgehead atoms. The maximum Gasteiger partial charge on any atom is 0.261 e. The highest BCUT2D eigenvalue weighted by atomic mass is 16.3. The van der Waals surface area contributed by atoms with Crippen LogP contribution in [0.25, 0.3) is 5.57 Å². The lowest BCUT2D eigenvalue weighted by molar-refractivity contribution is -0.141.